The summed E-state index contributed by atoms with van der Waals surface area (Å²) < 4.78 is 0. The van der Waals surface area contributed by atoms with Gasteiger partial charge in [-0.2, -0.15) is 0 Å². The summed E-state index contributed by atoms with van der Waals surface area (Å²) in [5.74, 6) is -0.784. The van der Waals surface area contributed by atoms with E-state index in [2.05, 4.69) is 24.1 Å². The van der Waals surface area contributed by atoms with Crippen LogP contribution in [-0.2, 0) is 22.7 Å². The van der Waals surface area contributed by atoms with Crippen molar-refractivity contribution in [1.29, 1.82) is 0 Å². The first-order chi connectivity index (χ1) is 12.7. The molecule has 1 aromatic carbocycles. The van der Waals surface area contributed by atoms with Crippen LogP contribution < -0.4 is 11.1 Å². The Morgan fingerprint density at radius 3 is 2.70 bits per heavy atom. The standard InChI is InChI=1S/C20H28N4O3/c1-20(2,11-21)12-23(3)9-13-4-5-14-10-24(19(27)15(14)8-13)16-6-7-17(25)22-18(16)26/h4-5,8,16H,6-7,9-12,21H2,1-3H3,(H,22,25,26). The number of imide groups is 1. The third-order valence-corrected chi connectivity index (χ3v) is 5.30. The molecule has 27 heavy (non-hydrogen) atoms. The zero-order valence-corrected chi connectivity index (χ0v) is 16.2. The van der Waals surface area contributed by atoms with Crippen molar-refractivity contribution in [2.45, 2.75) is 45.8 Å². The van der Waals surface area contributed by atoms with Crippen LogP contribution in [-0.4, -0.2) is 53.7 Å². The highest BCUT2D eigenvalue weighted by molar-refractivity contribution is 6.05. The van der Waals surface area contributed by atoms with Crippen molar-refractivity contribution < 1.29 is 14.4 Å². The van der Waals surface area contributed by atoms with Crippen molar-refractivity contribution in [1.82, 2.24) is 15.1 Å². The molecule has 3 N–H and O–H groups in total. The van der Waals surface area contributed by atoms with Crippen molar-refractivity contribution >= 4 is 17.7 Å². The normalized spacial score (nSPS) is 20.3. The molecule has 2 aliphatic heterocycles. The molecular formula is C20H28N4O3. The van der Waals surface area contributed by atoms with Crippen LogP contribution in [0.5, 0.6) is 0 Å². The molecule has 3 rings (SSSR count). The molecule has 0 spiro atoms. The van der Waals surface area contributed by atoms with Crippen LogP contribution in [0.15, 0.2) is 18.2 Å². The smallest absolute Gasteiger partial charge is 0.255 e. The number of benzene rings is 1. The first kappa shape index (κ1) is 19.5. The van der Waals surface area contributed by atoms with E-state index in [-0.39, 0.29) is 29.6 Å². The number of nitrogens with two attached hydrogens (primary N) is 1. The van der Waals surface area contributed by atoms with Gasteiger partial charge in [0.1, 0.15) is 6.04 Å². The first-order valence-corrected chi connectivity index (χ1v) is 9.35. The van der Waals surface area contributed by atoms with Gasteiger partial charge in [-0.15, -0.1) is 0 Å². The summed E-state index contributed by atoms with van der Waals surface area (Å²) in [7, 11) is 2.04. The van der Waals surface area contributed by atoms with Gasteiger partial charge in [-0.3, -0.25) is 19.7 Å². The minimum absolute atomic E-state index is 0.0316. The summed E-state index contributed by atoms with van der Waals surface area (Å²) in [6.07, 6.45) is 0.650. The third-order valence-electron chi connectivity index (χ3n) is 5.30. The Morgan fingerprint density at radius 1 is 1.30 bits per heavy atom. The van der Waals surface area contributed by atoms with Gasteiger partial charge in [0.25, 0.3) is 5.91 Å². The number of carbonyl (C=O) groups excluding carboxylic acids is 3. The van der Waals surface area contributed by atoms with E-state index in [0.717, 1.165) is 24.2 Å². The van der Waals surface area contributed by atoms with Crippen LogP contribution in [0.2, 0.25) is 0 Å². The summed E-state index contributed by atoms with van der Waals surface area (Å²) >= 11 is 0. The zero-order valence-electron chi connectivity index (χ0n) is 16.2. The van der Waals surface area contributed by atoms with E-state index in [1.807, 2.05) is 25.2 Å². The molecule has 1 atom stereocenters. The van der Waals surface area contributed by atoms with Crippen molar-refractivity contribution in [2.24, 2.45) is 11.1 Å². The van der Waals surface area contributed by atoms with E-state index in [1.165, 1.54) is 0 Å². The maximum atomic E-state index is 12.9. The molecule has 1 aromatic rings. The second kappa shape index (κ2) is 7.40. The number of hydrogen-bond donors (Lipinski definition) is 2. The van der Waals surface area contributed by atoms with Crippen molar-refractivity contribution in [3.05, 3.63) is 34.9 Å². The number of carbonyl (C=O) groups is 3. The molecule has 0 bridgehead atoms. The Hall–Kier alpha value is -2.25. The molecular weight excluding hydrogens is 344 g/mol. The number of amides is 3. The fourth-order valence-corrected chi connectivity index (χ4v) is 3.86. The molecule has 146 valence electrons. The molecule has 7 heteroatoms. The lowest BCUT2D eigenvalue weighted by Gasteiger charge is -2.29. The quantitative estimate of drug-likeness (QED) is 0.722. The number of hydrogen-bond acceptors (Lipinski definition) is 5. The average molecular weight is 372 g/mol. The van der Waals surface area contributed by atoms with Gasteiger partial charge in [0.05, 0.1) is 0 Å². The van der Waals surface area contributed by atoms with Crippen LogP contribution in [0.4, 0.5) is 0 Å². The van der Waals surface area contributed by atoms with Crippen LogP contribution >= 0.6 is 0 Å². The SMILES string of the molecule is CN(Cc1ccc2c(c1)C(=O)N(C1CCC(=O)NC1=O)C2)CC(C)(C)CN. The topological polar surface area (TPSA) is 95.7 Å². The maximum Gasteiger partial charge on any atom is 0.255 e. The second-order valence-electron chi connectivity index (χ2n) is 8.43. The molecule has 3 amide bonds. The van der Waals surface area contributed by atoms with E-state index < -0.39 is 6.04 Å². The Morgan fingerprint density at radius 2 is 2.04 bits per heavy atom. The Kier molecular flexibility index (Phi) is 5.35. The van der Waals surface area contributed by atoms with Gasteiger partial charge in [0, 0.05) is 31.6 Å². The van der Waals surface area contributed by atoms with Crippen LogP contribution in [0.3, 0.4) is 0 Å². The first-order valence-electron chi connectivity index (χ1n) is 9.35. The Bertz CT molecular complexity index is 774. The lowest BCUT2D eigenvalue weighted by molar-refractivity contribution is -0.136. The average Bonchev–Trinajstić information content (AvgIpc) is 2.91. The summed E-state index contributed by atoms with van der Waals surface area (Å²) in [4.78, 5) is 40.1. The predicted molar refractivity (Wildman–Crippen MR) is 102 cm³/mol. The number of fused-ring (bicyclic) bond motifs is 1. The highest BCUT2D eigenvalue weighted by Gasteiger charge is 2.39. The second-order valence-corrected chi connectivity index (χ2v) is 8.43. The largest absolute Gasteiger partial charge is 0.330 e. The fraction of sp³-hybridized carbons (Fsp3) is 0.550. The van der Waals surface area contributed by atoms with Crippen LogP contribution in [0, 0.1) is 5.41 Å². The summed E-state index contributed by atoms with van der Waals surface area (Å²) in [6.45, 7) is 6.87. The van der Waals surface area contributed by atoms with Gasteiger partial charge >= 0.3 is 0 Å². The van der Waals surface area contributed by atoms with Gasteiger partial charge in [0.2, 0.25) is 11.8 Å². The number of rotatable bonds is 6. The number of piperidine rings is 1. The zero-order chi connectivity index (χ0) is 19.8. The van der Waals surface area contributed by atoms with E-state index in [1.54, 1.807) is 4.90 Å². The lowest BCUT2D eigenvalue weighted by atomic mass is 9.93. The molecule has 0 aliphatic carbocycles. The summed E-state index contributed by atoms with van der Waals surface area (Å²) in [5.41, 5.74) is 8.49. The molecule has 2 aliphatic rings. The Labute approximate surface area is 159 Å². The van der Waals surface area contributed by atoms with Crippen molar-refractivity contribution in [3.63, 3.8) is 0 Å². The predicted octanol–water partition coefficient (Wildman–Crippen LogP) is 0.864. The Balaban J connectivity index is 1.71. The van der Waals surface area contributed by atoms with Gasteiger partial charge in [-0.1, -0.05) is 26.0 Å². The maximum absolute atomic E-state index is 12.9. The van der Waals surface area contributed by atoms with Crippen molar-refractivity contribution in [3.8, 4) is 0 Å². The lowest BCUT2D eigenvalue weighted by Crippen LogP contribution is -2.52. The molecule has 0 radical (unpaired) electrons. The van der Waals surface area contributed by atoms with Gasteiger partial charge in [-0.05, 0) is 42.6 Å². The van der Waals surface area contributed by atoms with Crippen LogP contribution in [0.1, 0.15) is 48.2 Å². The number of nitrogens with zero attached hydrogens (tertiary/aromatic N) is 2. The van der Waals surface area contributed by atoms with E-state index in [4.69, 9.17) is 5.73 Å². The van der Waals surface area contributed by atoms with Gasteiger partial charge in [0.15, 0.2) is 0 Å². The highest BCUT2D eigenvalue weighted by atomic mass is 16.2. The van der Waals surface area contributed by atoms with Crippen molar-refractivity contribution in [2.75, 3.05) is 20.1 Å². The minimum Gasteiger partial charge on any atom is -0.330 e. The molecule has 2 heterocycles. The molecule has 7 nitrogen and oxygen atoms in total. The highest BCUT2D eigenvalue weighted by Crippen LogP contribution is 2.28. The molecule has 1 saturated heterocycles. The molecule has 0 aromatic heterocycles. The van der Waals surface area contributed by atoms with E-state index in [9.17, 15) is 14.4 Å². The molecule has 0 saturated carbocycles. The summed E-state index contributed by atoms with van der Waals surface area (Å²) in [5, 5.41) is 2.33. The van der Waals surface area contributed by atoms with E-state index >= 15 is 0 Å². The monoisotopic (exact) mass is 372 g/mol. The minimum atomic E-state index is -0.570. The number of nitrogens with one attached hydrogen (secondary N) is 1. The van der Waals surface area contributed by atoms with E-state index in [0.29, 0.717) is 25.1 Å². The fourth-order valence-electron chi connectivity index (χ4n) is 3.86. The third kappa shape index (κ3) is 4.20. The van der Waals surface area contributed by atoms with Crippen LogP contribution in [0.25, 0.3) is 0 Å². The molecule has 1 unspecified atom stereocenters. The van der Waals surface area contributed by atoms with Gasteiger partial charge in [-0.25, -0.2) is 0 Å². The van der Waals surface area contributed by atoms with Gasteiger partial charge < -0.3 is 15.5 Å². The summed E-state index contributed by atoms with van der Waals surface area (Å²) in [6, 6.07) is 5.36. The molecule has 1 fully saturated rings.